The van der Waals surface area contributed by atoms with Crippen molar-refractivity contribution in [3.05, 3.63) is 58.7 Å². The zero-order valence-corrected chi connectivity index (χ0v) is 14.0. The maximum Gasteiger partial charge on any atom is 0.0506 e. The predicted molar refractivity (Wildman–Crippen MR) is 94.7 cm³/mol. The molecule has 1 nitrogen and oxygen atoms in total. The van der Waals surface area contributed by atoms with Crippen LogP contribution in [0.1, 0.15) is 55.9 Å². The van der Waals surface area contributed by atoms with Crippen LogP contribution in [0.15, 0.2) is 36.4 Å². The lowest BCUT2D eigenvalue weighted by molar-refractivity contribution is 0.590. The van der Waals surface area contributed by atoms with E-state index in [9.17, 15) is 0 Å². The van der Waals surface area contributed by atoms with Gasteiger partial charge in [-0.25, -0.2) is 0 Å². The van der Waals surface area contributed by atoms with Crippen LogP contribution in [0.3, 0.4) is 0 Å². The van der Waals surface area contributed by atoms with Crippen molar-refractivity contribution in [1.82, 2.24) is 4.98 Å². The standard InChI is InChI=1S/C21H23N/c1-12-6-9-18-17(10-12)19-13(2)15-8-7-14(21(3,4)5)11-16(15)20(19)22-18/h6-11,13,22H,1-5H3. The summed E-state index contributed by atoms with van der Waals surface area (Å²) >= 11 is 0. The second kappa shape index (κ2) is 4.25. The van der Waals surface area contributed by atoms with Crippen molar-refractivity contribution in [2.24, 2.45) is 0 Å². The van der Waals surface area contributed by atoms with Crippen LogP contribution in [0.4, 0.5) is 0 Å². The average Bonchev–Trinajstić information content (AvgIpc) is 2.94. The van der Waals surface area contributed by atoms with Crippen molar-refractivity contribution >= 4 is 10.9 Å². The van der Waals surface area contributed by atoms with Crippen LogP contribution in [0.25, 0.3) is 22.2 Å². The van der Waals surface area contributed by atoms with Gasteiger partial charge in [-0.2, -0.15) is 0 Å². The van der Waals surface area contributed by atoms with Crippen LogP contribution in [0, 0.1) is 6.92 Å². The van der Waals surface area contributed by atoms with E-state index < -0.39 is 0 Å². The van der Waals surface area contributed by atoms with Crippen molar-refractivity contribution < 1.29 is 0 Å². The number of aryl methyl sites for hydroxylation is 1. The summed E-state index contributed by atoms with van der Waals surface area (Å²) in [6.45, 7) is 11.3. The molecule has 0 spiro atoms. The van der Waals surface area contributed by atoms with Gasteiger partial charge in [0, 0.05) is 22.4 Å². The number of nitrogens with one attached hydrogen (secondary N) is 1. The van der Waals surface area contributed by atoms with Crippen LogP contribution < -0.4 is 0 Å². The topological polar surface area (TPSA) is 15.8 Å². The third-order valence-corrected chi connectivity index (χ3v) is 5.08. The second-order valence-electron chi connectivity index (χ2n) is 7.74. The van der Waals surface area contributed by atoms with Crippen molar-refractivity contribution in [1.29, 1.82) is 0 Å². The van der Waals surface area contributed by atoms with Gasteiger partial charge in [-0.3, -0.25) is 0 Å². The Balaban J connectivity index is 2.01. The van der Waals surface area contributed by atoms with E-state index in [0.717, 1.165) is 0 Å². The number of aromatic amines is 1. The van der Waals surface area contributed by atoms with Crippen molar-refractivity contribution in [2.45, 2.75) is 46.0 Å². The van der Waals surface area contributed by atoms with Crippen molar-refractivity contribution in [3.8, 4) is 11.3 Å². The van der Waals surface area contributed by atoms with Crippen LogP contribution in [-0.4, -0.2) is 4.98 Å². The van der Waals surface area contributed by atoms with Gasteiger partial charge in [0.1, 0.15) is 0 Å². The molecule has 0 fully saturated rings. The molecular formula is C21H23N. The molecule has 1 aromatic heterocycles. The average molecular weight is 289 g/mol. The Morgan fingerprint density at radius 1 is 1.00 bits per heavy atom. The fourth-order valence-electron chi connectivity index (χ4n) is 3.76. The molecule has 1 heterocycles. The highest BCUT2D eigenvalue weighted by Gasteiger charge is 2.30. The minimum Gasteiger partial charge on any atom is -0.354 e. The van der Waals surface area contributed by atoms with E-state index in [1.54, 1.807) is 0 Å². The molecule has 0 bridgehead atoms. The lowest BCUT2D eigenvalue weighted by Gasteiger charge is -2.20. The third-order valence-electron chi connectivity index (χ3n) is 5.08. The summed E-state index contributed by atoms with van der Waals surface area (Å²) < 4.78 is 0. The van der Waals surface area contributed by atoms with Crippen LogP contribution in [0.2, 0.25) is 0 Å². The summed E-state index contributed by atoms with van der Waals surface area (Å²) in [5, 5.41) is 1.39. The van der Waals surface area contributed by atoms with Gasteiger partial charge in [0.2, 0.25) is 0 Å². The van der Waals surface area contributed by atoms with E-state index in [2.05, 4.69) is 76.0 Å². The third kappa shape index (κ3) is 1.78. The largest absolute Gasteiger partial charge is 0.354 e. The Bertz CT molecular complexity index is 890. The summed E-state index contributed by atoms with van der Waals surface area (Å²) in [5.74, 6) is 0.467. The van der Waals surface area contributed by atoms with Crippen molar-refractivity contribution in [2.75, 3.05) is 0 Å². The van der Waals surface area contributed by atoms with Gasteiger partial charge in [0.15, 0.2) is 0 Å². The summed E-state index contributed by atoms with van der Waals surface area (Å²) in [7, 11) is 0. The van der Waals surface area contributed by atoms with Gasteiger partial charge in [-0.05, 0) is 47.2 Å². The molecule has 2 aromatic carbocycles. The van der Waals surface area contributed by atoms with Gasteiger partial charge in [-0.15, -0.1) is 0 Å². The molecule has 1 heteroatoms. The first kappa shape index (κ1) is 13.6. The monoisotopic (exact) mass is 289 g/mol. The number of rotatable bonds is 0. The van der Waals surface area contributed by atoms with E-state index in [1.165, 1.54) is 44.4 Å². The SMILES string of the molecule is Cc1ccc2[nH]c3c(c2c1)C(C)c1ccc(C(C)(C)C)cc1-3. The molecule has 0 amide bonds. The molecule has 3 aromatic rings. The maximum absolute atomic E-state index is 3.67. The summed E-state index contributed by atoms with van der Waals surface area (Å²) in [4.78, 5) is 3.67. The molecule has 1 N–H and O–H groups in total. The Labute approximate surface area is 132 Å². The van der Waals surface area contributed by atoms with E-state index >= 15 is 0 Å². The predicted octanol–water partition coefficient (Wildman–Crippen LogP) is 5.91. The molecule has 0 saturated heterocycles. The molecular weight excluding hydrogens is 266 g/mol. The smallest absolute Gasteiger partial charge is 0.0506 e. The minimum absolute atomic E-state index is 0.184. The first-order valence-electron chi connectivity index (χ1n) is 8.13. The Morgan fingerprint density at radius 2 is 1.77 bits per heavy atom. The first-order valence-corrected chi connectivity index (χ1v) is 8.13. The Morgan fingerprint density at radius 3 is 2.50 bits per heavy atom. The summed E-state index contributed by atoms with van der Waals surface area (Å²) in [6.07, 6.45) is 0. The summed E-state index contributed by atoms with van der Waals surface area (Å²) in [5.41, 5.74) is 9.82. The molecule has 1 unspecified atom stereocenters. The molecule has 22 heavy (non-hydrogen) atoms. The number of hydrogen-bond acceptors (Lipinski definition) is 0. The molecule has 0 saturated carbocycles. The molecule has 1 aliphatic carbocycles. The molecule has 1 atom stereocenters. The molecule has 0 aliphatic heterocycles. The zero-order chi connectivity index (χ0) is 15.6. The fourth-order valence-corrected chi connectivity index (χ4v) is 3.76. The van der Waals surface area contributed by atoms with Gasteiger partial charge < -0.3 is 4.98 Å². The lowest BCUT2D eigenvalue weighted by atomic mass is 9.85. The number of hydrogen-bond donors (Lipinski definition) is 1. The molecule has 112 valence electrons. The normalized spacial score (nSPS) is 16.9. The Hall–Kier alpha value is -2.02. The number of benzene rings is 2. The number of fused-ring (bicyclic) bond motifs is 5. The highest BCUT2D eigenvalue weighted by molar-refractivity contribution is 5.96. The van der Waals surface area contributed by atoms with Crippen molar-refractivity contribution in [3.63, 3.8) is 0 Å². The van der Waals surface area contributed by atoms with Gasteiger partial charge in [-0.1, -0.05) is 51.5 Å². The van der Waals surface area contributed by atoms with Crippen LogP contribution >= 0.6 is 0 Å². The lowest BCUT2D eigenvalue weighted by Crippen LogP contribution is -2.11. The van der Waals surface area contributed by atoms with E-state index in [4.69, 9.17) is 0 Å². The van der Waals surface area contributed by atoms with Gasteiger partial charge in [0.25, 0.3) is 0 Å². The minimum atomic E-state index is 0.184. The molecule has 4 rings (SSSR count). The van der Waals surface area contributed by atoms with Gasteiger partial charge >= 0.3 is 0 Å². The van der Waals surface area contributed by atoms with Crippen LogP contribution in [0.5, 0.6) is 0 Å². The molecule has 0 radical (unpaired) electrons. The van der Waals surface area contributed by atoms with Crippen LogP contribution in [-0.2, 0) is 5.41 Å². The first-order chi connectivity index (χ1) is 10.4. The highest BCUT2D eigenvalue weighted by atomic mass is 14.7. The van der Waals surface area contributed by atoms with E-state index in [-0.39, 0.29) is 5.41 Å². The van der Waals surface area contributed by atoms with E-state index in [1.807, 2.05) is 0 Å². The zero-order valence-electron chi connectivity index (χ0n) is 14.0. The fraction of sp³-hybridized carbons (Fsp3) is 0.333. The quantitative estimate of drug-likeness (QED) is 0.530. The number of aromatic nitrogens is 1. The summed E-state index contributed by atoms with van der Waals surface area (Å²) in [6, 6.07) is 13.7. The molecule has 1 aliphatic rings. The maximum atomic E-state index is 3.67. The highest BCUT2D eigenvalue weighted by Crippen LogP contribution is 2.48. The second-order valence-corrected chi connectivity index (χ2v) is 7.74. The Kier molecular flexibility index (Phi) is 2.64. The number of H-pyrrole nitrogens is 1. The van der Waals surface area contributed by atoms with Gasteiger partial charge in [0.05, 0.1) is 5.69 Å². The van der Waals surface area contributed by atoms with E-state index in [0.29, 0.717) is 5.92 Å².